The quantitative estimate of drug-likeness (QED) is 0.473. The Labute approximate surface area is 181 Å². The maximum atomic E-state index is 14.3. The predicted octanol–water partition coefficient (Wildman–Crippen LogP) is 4.25. The molecule has 154 valence electrons. The largest absolute Gasteiger partial charge is 0.322 e. The van der Waals surface area contributed by atoms with E-state index in [-0.39, 0.29) is 22.6 Å². The third-order valence-corrected chi connectivity index (χ3v) is 4.83. The molecule has 0 saturated carbocycles. The minimum absolute atomic E-state index is 0.0887. The number of tetrazole rings is 1. The van der Waals surface area contributed by atoms with Crippen molar-refractivity contribution in [2.45, 2.75) is 6.92 Å². The van der Waals surface area contributed by atoms with Gasteiger partial charge in [0.05, 0.1) is 5.56 Å². The molecule has 0 radical (unpaired) electrons. The zero-order chi connectivity index (χ0) is 22.0. The van der Waals surface area contributed by atoms with E-state index in [1.165, 1.54) is 22.9 Å². The molecule has 0 fully saturated rings. The molecule has 0 bridgehead atoms. The highest BCUT2D eigenvalue weighted by molar-refractivity contribution is 6.30. The molecule has 7 nitrogen and oxygen atoms in total. The summed E-state index contributed by atoms with van der Waals surface area (Å²) in [5.41, 5.74) is 1.24. The zero-order valence-electron chi connectivity index (χ0n) is 16.2. The van der Waals surface area contributed by atoms with E-state index < -0.39 is 11.7 Å². The van der Waals surface area contributed by atoms with E-state index >= 15 is 0 Å². The summed E-state index contributed by atoms with van der Waals surface area (Å²) in [6, 6.07) is 16.9. The van der Waals surface area contributed by atoms with Crippen molar-refractivity contribution in [3.05, 3.63) is 100 Å². The normalized spacial score (nSPS) is 10.7. The van der Waals surface area contributed by atoms with Gasteiger partial charge in [0.25, 0.3) is 5.91 Å². The van der Waals surface area contributed by atoms with Crippen LogP contribution in [-0.2, 0) is 0 Å². The lowest BCUT2D eigenvalue weighted by Gasteiger charge is -2.11. The van der Waals surface area contributed by atoms with Gasteiger partial charge < -0.3 is 5.32 Å². The molecule has 1 N–H and O–H groups in total. The molecule has 9 heteroatoms. The Morgan fingerprint density at radius 3 is 2.39 bits per heavy atom. The molecule has 0 saturated heterocycles. The van der Waals surface area contributed by atoms with Gasteiger partial charge in [-0.3, -0.25) is 9.59 Å². The van der Waals surface area contributed by atoms with Crippen LogP contribution >= 0.6 is 11.6 Å². The number of anilines is 1. The Morgan fingerprint density at radius 2 is 1.71 bits per heavy atom. The highest BCUT2D eigenvalue weighted by Gasteiger charge is 2.19. The maximum Gasteiger partial charge on any atom is 0.256 e. The Hall–Kier alpha value is -3.91. The Bertz CT molecular complexity index is 1290. The number of carbonyl (C=O) groups is 2. The third kappa shape index (κ3) is 4.19. The van der Waals surface area contributed by atoms with Crippen LogP contribution in [0.4, 0.5) is 10.1 Å². The van der Waals surface area contributed by atoms with Crippen molar-refractivity contribution in [1.29, 1.82) is 0 Å². The number of nitrogens with zero attached hydrogens (tertiary/aromatic N) is 4. The summed E-state index contributed by atoms with van der Waals surface area (Å²) in [5.74, 6) is -0.983. The van der Waals surface area contributed by atoms with Crippen LogP contribution in [0.25, 0.3) is 5.69 Å². The first kappa shape index (κ1) is 20.4. The molecule has 0 unspecified atom stereocenters. The smallest absolute Gasteiger partial charge is 0.256 e. The second-order valence-corrected chi connectivity index (χ2v) is 7.08. The number of ketones is 1. The molecular weight excluding hydrogens is 421 g/mol. The molecule has 1 amide bonds. The van der Waals surface area contributed by atoms with Crippen LogP contribution in [-0.4, -0.2) is 31.9 Å². The number of hydrogen-bond donors (Lipinski definition) is 1. The highest BCUT2D eigenvalue weighted by Crippen LogP contribution is 2.21. The minimum Gasteiger partial charge on any atom is -0.322 e. The van der Waals surface area contributed by atoms with Crippen molar-refractivity contribution in [2.75, 3.05) is 5.32 Å². The van der Waals surface area contributed by atoms with Gasteiger partial charge in [0.2, 0.25) is 0 Å². The van der Waals surface area contributed by atoms with Crippen LogP contribution in [0.5, 0.6) is 0 Å². The molecule has 0 atom stereocenters. The number of halogens is 2. The van der Waals surface area contributed by atoms with Crippen molar-refractivity contribution < 1.29 is 14.0 Å². The van der Waals surface area contributed by atoms with Crippen LogP contribution in [0.15, 0.2) is 66.7 Å². The molecule has 1 heterocycles. The van der Waals surface area contributed by atoms with Gasteiger partial charge in [0, 0.05) is 21.8 Å². The van der Waals surface area contributed by atoms with Crippen molar-refractivity contribution in [3.8, 4) is 5.69 Å². The second-order valence-electron chi connectivity index (χ2n) is 6.64. The zero-order valence-corrected chi connectivity index (χ0v) is 17.0. The summed E-state index contributed by atoms with van der Waals surface area (Å²) in [5, 5.41) is 14.2. The highest BCUT2D eigenvalue weighted by atomic mass is 35.5. The SMILES string of the molecule is Cc1nnnn1-c1cc(NC(=O)c2ccccc2C(=O)c2ccc(Cl)cc2)ccc1F. The Morgan fingerprint density at radius 1 is 1.00 bits per heavy atom. The van der Waals surface area contributed by atoms with E-state index in [0.29, 0.717) is 22.1 Å². The fourth-order valence-electron chi connectivity index (χ4n) is 3.04. The average Bonchev–Trinajstić information content (AvgIpc) is 3.20. The van der Waals surface area contributed by atoms with E-state index in [4.69, 9.17) is 11.6 Å². The van der Waals surface area contributed by atoms with Gasteiger partial charge in [-0.05, 0) is 65.9 Å². The second kappa shape index (κ2) is 8.45. The van der Waals surface area contributed by atoms with E-state index in [9.17, 15) is 14.0 Å². The predicted molar refractivity (Wildman–Crippen MR) is 113 cm³/mol. The molecule has 0 aliphatic carbocycles. The summed E-state index contributed by atoms with van der Waals surface area (Å²) in [6.07, 6.45) is 0. The summed E-state index contributed by atoms with van der Waals surface area (Å²) in [7, 11) is 0. The first-order valence-corrected chi connectivity index (χ1v) is 9.57. The van der Waals surface area contributed by atoms with Gasteiger partial charge in [-0.1, -0.05) is 29.8 Å². The molecule has 31 heavy (non-hydrogen) atoms. The molecule has 4 aromatic rings. The molecule has 0 aliphatic heterocycles. The third-order valence-electron chi connectivity index (χ3n) is 4.58. The summed E-state index contributed by atoms with van der Waals surface area (Å²) >= 11 is 5.89. The lowest BCUT2D eigenvalue weighted by Crippen LogP contribution is -2.17. The molecule has 4 rings (SSSR count). The van der Waals surface area contributed by atoms with Gasteiger partial charge in [-0.2, -0.15) is 4.68 Å². The number of nitrogens with one attached hydrogen (secondary N) is 1. The van der Waals surface area contributed by atoms with Crippen LogP contribution in [0.3, 0.4) is 0 Å². The van der Waals surface area contributed by atoms with Crippen molar-refractivity contribution in [1.82, 2.24) is 20.2 Å². The summed E-state index contributed by atoms with van der Waals surface area (Å²) < 4.78 is 15.5. The minimum atomic E-state index is -0.549. The van der Waals surface area contributed by atoms with Gasteiger partial charge in [0.15, 0.2) is 11.6 Å². The van der Waals surface area contributed by atoms with Crippen LogP contribution in [0.1, 0.15) is 32.1 Å². The Balaban J connectivity index is 1.64. The molecule has 1 aromatic heterocycles. The summed E-state index contributed by atoms with van der Waals surface area (Å²) in [6.45, 7) is 1.63. The number of aryl methyl sites for hydroxylation is 1. The van der Waals surface area contributed by atoms with Gasteiger partial charge in [-0.15, -0.1) is 5.10 Å². The molecular formula is C22H15ClFN5O2. The number of benzene rings is 3. The van der Waals surface area contributed by atoms with Gasteiger partial charge in [0.1, 0.15) is 11.5 Å². The molecule has 0 spiro atoms. The summed E-state index contributed by atoms with van der Waals surface area (Å²) in [4.78, 5) is 25.9. The average molecular weight is 436 g/mol. The maximum absolute atomic E-state index is 14.3. The lowest BCUT2D eigenvalue weighted by molar-refractivity contribution is 0.0996. The van der Waals surface area contributed by atoms with Crippen LogP contribution in [0, 0.1) is 12.7 Å². The fourth-order valence-corrected chi connectivity index (χ4v) is 3.17. The first-order valence-electron chi connectivity index (χ1n) is 9.19. The van der Waals surface area contributed by atoms with Crippen molar-refractivity contribution in [3.63, 3.8) is 0 Å². The first-order chi connectivity index (χ1) is 14.9. The lowest BCUT2D eigenvalue weighted by atomic mass is 9.98. The van der Waals surface area contributed by atoms with Crippen molar-refractivity contribution >= 4 is 29.0 Å². The monoisotopic (exact) mass is 435 g/mol. The number of hydrogen-bond acceptors (Lipinski definition) is 5. The van der Waals surface area contributed by atoms with Gasteiger partial charge in [-0.25, -0.2) is 4.39 Å². The standard InChI is InChI=1S/C22H15ClFN5O2/c1-13-26-27-28-29(13)20-12-16(10-11-19(20)24)25-22(31)18-5-3-2-4-17(18)21(30)14-6-8-15(23)9-7-14/h2-12H,1H3,(H,25,31). The van der Waals surface area contributed by atoms with E-state index in [2.05, 4.69) is 20.8 Å². The van der Waals surface area contributed by atoms with Crippen molar-refractivity contribution in [2.24, 2.45) is 0 Å². The topological polar surface area (TPSA) is 89.8 Å². The van der Waals surface area contributed by atoms with Crippen LogP contribution in [0.2, 0.25) is 5.02 Å². The number of rotatable bonds is 5. The van der Waals surface area contributed by atoms with E-state index in [1.54, 1.807) is 55.5 Å². The number of carbonyl (C=O) groups excluding carboxylic acids is 2. The number of amides is 1. The van der Waals surface area contributed by atoms with Crippen LogP contribution < -0.4 is 5.32 Å². The fraction of sp³-hybridized carbons (Fsp3) is 0.0455. The van der Waals surface area contributed by atoms with Gasteiger partial charge >= 0.3 is 0 Å². The van der Waals surface area contributed by atoms with E-state index in [0.717, 1.165) is 0 Å². The molecule has 3 aromatic carbocycles. The number of aromatic nitrogens is 4. The van der Waals surface area contributed by atoms with E-state index in [1.807, 2.05) is 0 Å². The molecule has 0 aliphatic rings. The Kier molecular flexibility index (Phi) is 5.55.